The number of rotatable bonds is 5. The summed E-state index contributed by atoms with van der Waals surface area (Å²) in [4.78, 5) is 15.7. The molecule has 0 bridgehead atoms. The van der Waals surface area contributed by atoms with Gasteiger partial charge in [0, 0.05) is 35.3 Å². The number of aryl methyl sites for hydroxylation is 1. The van der Waals surface area contributed by atoms with E-state index < -0.39 is 0 Å². The Labute approximate surface area is 147 Å². The van der Waals surface area contributed by atoms with Crippen molar-refractivity contribution in [3.63, 3.8) is 0 Å². The second-order valence-corrected chi connectivity index (χ2v) is 7.35. The second kappa shape index (κ2) is 7.81. The van der Waals surface area contributed by atoms with E-state index in [1.165, 1.54) is 10.6 Å². The SMILES string of the molecule is CC1CN(c2ccc(NC(=O)CCc3cccs3)cc2)C(C)CO1. The topological polar surface area (TPSA) is 41.6 Å². The predicted molar refractivity (Wildman–Crippen MR) is 99.9 cm³/mol. The minimum absolute atomic E-state index is 0.0597. The molecule has 1 aliphatic heterocycles. The number of nitrogens with zero attached hydrogens (tertiary/aromatic N) is 1. The van der Waals surface area contributed by atoms with Crippen LogP contribution in [0.2, 0.25) is 0 Å². The first-order valence-electron chi connectivity index (χ1n) is 8.42. The number of thiophene rings is 1. The Morgan fingerprint density at radius 1 is 1.29 bits per heavy atom. The highest BCUT2D eigenvalue weighted by Gasteiger charge is 2.23. The van der Waals surface area contributed by atoms with Gasteiger partial charge in [-0.25, -0.2) is 0 Å². The second-order valence-electron chi connectivity index (χ2n) is 6.32. The summed E-state index contributed by atoms with van der Waals surface area (Å²) in [6, 6.07) is 12.6. The van der Waals surface area contributed by atoms with Crippen molar-refractivity contribution >= 4 is 28.6 Å². The number of anilines is 2. The lowest BCUT2D eigenvalue weighted by molar-refractivity contribution is -0.116. The fourth-order valence-electron chi connectivity index (χ4n) is 2.91. The molecule has 1 saturated heterocycles. The van der Waals surface area contributed by atoms with Gasteiger partial charge in [-0.1, -0.05) is 6.07 Å². The van der Waals surface area contributed by atoms with Crippen LogP contribution in [0.3, 0.4) is 0 Å². The standard InChI is InChI=1S/C19H24N2O2S/c1-14-13-23-15(2)12-21(14)17-7-5-16(6-8-17)20-19(22)10-9-18-4-3-11-24-18/h3-8,11,14-15H,9-10,12-13H2,1-2H3,(H,20,22). The van der Waals surface area contributed by atoms with Crippen LogP contribution in [0.4, 0.5) is 11.4 Å². The molecule has 2 unspecified atom stereocenters. The number of amides is 1. The maximum atomic E-state index is 12.1. The van der Waals surface area contributed by atoms with Crippen LogP contribution < -0.4 is 10.2 Å². The van der Waals surface area contributed by atoms with Crippen LogP contribution in [0, 0.1) is 0 Å². The molecule has 1 fully saturated rings. The zero-order chi connectivity index (χ0) is 16.9. The molecule has 0 radical (unpaired) electrons. The third-order valence-corrected chi connectivity index (χ3v) is 5.21. The summed E-state index contributed by atoms with van der Waals surface area (Å²) < 4.78 is 5.68. The third kappa shape index (κ3) is 4.36. The van der Waals surface area contributed by atoms with Crippen LogP contribution >= 0.6 is 11.3 Å². The predicted octanol–water partition coefficient (Wildman–Crippen LogP) is 3.93. The van der Waals surface area contributed by atoms with Crippen LogP contribution in [0.1, 0.15) is 25.1 Å². The Kier molecular flexibility index (Phi) is 5.53. The molecule has 2 atom stereocenters. The third-order valence-electron chi connectivity index (χ3n) is 4.27. The van der Waals surface area contributed by atoms with E-state index in [2.05, 4.69) is 42.3 Å². The zero-order valence-corrected chi connectivity index (χ0v) is 15.0. The van der Waals surface area contributed by atoms with E-state index in [1.54, 1.807) is 11.3 Å². The molecule has 0 saturated carbocycles. The number of ether oxygens (including phenoxy) is 1. The van der Waals surface area contributed by atoms with Gasteiger partial charge in [-0.05, 0) is 56.0 Å². The number of hydrogen-bond donors (Lipinski definition) is 1. The van der Waals surface area contributed by atoms with E-state index in [-0.39, 0.29) is 12.0 Å². The Morgan fingerprint density at radius 3 is 2.79 bits per heavy atom. The highest BCUT2D eigenvalue weighted by Crippen LogP contribution is 2.23. The lowest BCUT2D eigenvalue weighted by Crippen LogP contribution is -2.47. The molecule has 2 aromatic rings. The van der Waals surface area contributed by atoms with Crippen LogP contribution in [-0.4, -0.2) is 31.2 Å². The van der Waals surface area contributed by atoms with Crippen molar-refractivity contribution in [2.45, 2.75) is 38.8 Å². The Bertz CT molecular complexity index is 655. The maximum absolute atomic E-state index is 12.1. The molecule has 24 heavy (non-hydrogen) atoms. The van der Waals surface area contributed by atoms with E-state index in [0.29, 0.717) is 12.5 Å². The number of morpholine rings is 1. The first-order valence-corrected chi connectivity index (χ1v) is 9.30. The van der Waals surface area contributed by atoms with Crippen molar-refractivity contribution in [1.29, 1.82) is 0 Å². The van der Waals surface area contributed by atoms with Crippen LogP contribution in [0.5, 0.6) is 0 Å². The van der Waals surface area contributed by atoms with Crippen molar-refractivity contribution in [3.8, 4) is 0 Å². The highest BCUT2D eigenvalue weighted by molar-refractivity contribution is 7.09. The summed E-state index contributed by atoms with van der Waals surface area (Å²) in [5, 5.41) is 5.02. The monoisotopic (exact) mass is 344 g/mol. The summed E-state index contributed by atoms with van der Waals surface area (Å²) >= 11 is 1.69. The van der Waals surface area contributed by atoms with Gasteiger partial charge in [0.15, 0.2) is 0 Å². The minimum Gasteiger partial charge on any atom is -0.375 e. The average molecular weight is 344 g/mol. The smallest absolute Gasteiger partial charge is 0.224 e. The van der Waals surface area contributed by atoms with E-state index >= 15 is 0 Å². The maximum Gasteiger partial charge on any atom is 0.224 e. The molecule has 5 heteroatoms. The highest BCUT2D eigenvalue weighted by atomic mass is 32.1. The van der Waals surface area contributed by atoms with Crippen LogP contribution in [0.15, 0.2) is 41.8 Å². The molecule has 1 aromatic heterocycles. The van der Waals surface area contributed by atoms with E-state index in [9.17, 15) is 4.79 Å². The van der Waals surface area contributed by atoms with Gasteiger partial charge >= 0.3 is 0 Å². The molecule has 0 aliphatic carbocycles. The van der Waals surface area contributed by atoms with Crippen molar-refractivity contribution in [2.24, 2.45) is 0 Å². The Morgan fingerprint density at radius 2 is 2.08 bits per heavy atom. The minimum atomic E-state index is 0.0597. The van der Waals surface area contributed by atoms with Gasteiger partial charge in [-0.2, -0.15) is 0 Å². The normalized spacial score (nSPS) is 20.8. The van der Waals surface area contributed by atoms with Crippen molar-refractivity contribution in [3.05, 3.63) is 46.7 Å². The summed E-state index contributed by atoms with van der Waals surface area (Å²) in [5.41, 5.74) is 2.03. The molecular formula is C19H24N2O2S. The lowest BCUT2D eigenvalue weighted by Gasteiger charge is -2.38. The molecule has 0 spiro atoms. The quantitative estimate of drug-likeness (QED) is 0.893. The van der Waals surface area contributed by atoms with Gasteiger partial charge < -0.3 is 15.0 Å². The average Bonchev–Trinajstić information content (AvgIpc) is 3.10. The van der Waals surface area contributed by atoms with Gasteiger partial charge in [-0.15, -0.1) is 11.3 Å². The number of carbonyl (C=O) groups excluding carboxylic acids is 1. The summed E-state index contributed by atoms with van der Waals surface area (Å²) in [7, 11) is 0. The molecule has 2 heterocycles. The van der Waals surface area contributed by atoms with Crippen molar-refractivity contribution < 1.29 is 9.53 Å². The van der Waals surface area contributed by atoms with Crippen LogP contribution in [-0.2, 0) is 16.0 Å². The molecule has 4 nitrogen and oxygen atoms in total. The van der Waals surface area contributed by atoms with Gasteiger partial charge in [-0.3, -0.25) is 4.79 Å². The van der Waals surface area contributed by atoms with Gasteiger partial charge in [0.05, 0.1) is 12.7 Å². The summed E-state index contributed by atoms with van der Waals surface area (Å²) in [5.74, 6) is 0.0597. The molecule has 1 aliphatic rings. The van der Waals surface area contributed by atoms with Crippen molar-refractivity contribution in [1.82, 2.24) is 0 Å². The first-order chi connectivity index (χ1) is 11.6. The number of hydrogen-bond acceptors (Lipinski definition) is 4. The molecule has 1 aromatic carbocycles. The fourth-order valence-corrected chi connectivity index (χ4v) is 3.62. The van der Waals surface area contributed by atoms with E-state index in [0.717, 1.165) is 25.3 Å². The molecule has 1 N–H and O–H groups in total. The van der Waals surface area contributed by atoms with Gasteiger partial charge in [0.2, 0.25) is 5.91 Å². The molecule has 1 amide bonds. The number of benzene rings is 1. The van der Waals surface area contributed by atoms with Crippen LogP contribution in [0.25, 0.3) is 0 Å². The fraction of sp³-hybridized carbons (Fsp3) is 0.421. The van der Waals surface area contributed by atoms with E-state index in [4.69, 9.17) is 4.74 Å². The Balaban J connectivity index is 1.55. The largest absolute Gasteiger partial charge is 0.375 e. The van der Waals surface area contributed by atoms with E-state index in [1.807, 2.05) is 23.6 Å². The summed E-state index contributed by atoms with van der Waals surface area (Å²) in [6.45, 7) is 5.92. The number of nitrogens with one attached hydrogen (secondary N) is 1. The zero-order valence-electron chi connectivity index (χ0n) is 14.2. The van der Waals surface area contributed by atoms with Crippen molar-refractivity contribution in [2.75, 3.05) is 23.4 Å². The first kappa shape index (κ1) is 17.0. The molecular weight excluding hydrogens is 320 g/mol. The Hall–Kier alpha value is -1.85. The van der Waals surface area contributed by atoms with Gasteiger partial charge in [0.25, 0.3) is 0 Å². The number of carbonyl (C=O) groups is 1. The molecule has 3 rings (SSSR count). The lowest BCUT2D eigenvalue weighted by atomic mass is 10.1. The van der Waals surface area contributed by atoms with Gasteiger partial charge in [0.1, 0.15) is 0 Å². The molecule has 128 valence electrons. The summed E-state index contributed by atoms with van der Waals surface area (Å²) in [6.07, 6.45) is 1.56.